The third kappa shape index (κ3) is 3.87. The summed E-state index contributed by atoms with van der Waals surface area (Å²) in [6, 6.07) is 6.00. The van der Waals surface area contributed by atoms with E-state index in [9.17, 15) is 0 Å². The Hall–Kier alpha value is -2.41. The topological polar surface area (TPSA) is 66.4 Å². The van der Waals surface area contributed by atoms with Gasteiger partial charge in [-0.25, -0.2) is 15.0 Å². The van der Waals surface area contributed by atoms with Crippen molar-refractivity contribution in [1.29, 1.82) is 0 Å². The molecule has 0 radical (unpaired) electrons. The fraction of sp³-hybridized carbons (Fsp3) is 0.438. The maximum Gasteiger partial charge on any atom is 0.134 e. The maximum absolute atomic E-state index is 5.38. The highest BCUT2D eigenvalue weighted by atomic mass is 16.5. The standard InChI is InChI=1S/C16H22N6O/c1-21(2)16-13(4-3-5-17-16)11-18-14-10-15(20-12-19-14)22-6-8-23-9-7-22/h3-5,10,12H,6-9,11H2,1-2H3,(H,18,19,20). The first-order valence-corrected chi connectivity index (χ1v) is 7.74. The van der Waals surface area contributed by atoms with Crippen LogP contribution in [0.1, 0.15) is 5.56 Å². The third-order valence-corrected chi connectivity index (χ3v) is 3.74. The largest absolute Gasteiger partial charge is 0.378 e. The molecular formula is C16H22N6O. The Kier molecular flexibility index (Phi) is 4.87. The quantitative estimate of drug-likeness (QED) is 0.894. The molecule has 0 amide bonds. The van der Waals surface area contributed by atoms with E-state index in [4.69, 9.17) is 4.74 Å². The van der Waals surface area contributed by atoms with Crippen LogP contribution in [-0.4, -0.2) is 55.4 Å². The lowest BCUT2D eigenvalue weighted by Crippen LogP contribution is -2.36. The second-order valence-corrected chi connectivity index (χ2v) is 5.59. The fourth-order valence-corrected chi connectivity index (χ4v) is 2.57. The second kappa shape index (κ2) is 7.23. The molecule has 0 aromatic carbocycles. The molecule has 0 spiro atoms. The number of rotatable bonds is 5. The van der Waals surface area contributed by atoms with E-state index in [1.807, 2.05) is 31.1 Å². The minimum absolute atomic E-state index is 0.668. The van der Waals surface area contributed by atoms with E-state index in [1.165, 1.54) is 0 Å². The van der Waals surface area contributed by atoms with E-state index in [-0.39, 0.29) is 0 Å². The minimum Gasteiger partial charge on any atom is -0.378 e. The predicted octanol–water partition coefficient (Wildman–Crippen LogP) is 1.39. The maximum atomic E-state index is 5.38. The highest BCUT2D eigenvalue weighted by Crippen LogP contribution is 2.18. The number of hydrogen-bond acceptors (Lipinski definition) is 7. The molecule has 3 rings (SSSR count). The van der Waals surface area contributed by atoms with Crippen molar-refractivity contribution in [3.8, 4) is 0 Å². The molecule has 0 bridgehead atoms. The van der Waals surface area contributed by atoms with Crippen LogP contribution < -0.4 is 15.1 Å². The minimum atomic E-state index is 0.668. The first kappa shape index (κ1) is 15.5. The van der Waals surface area contributed by atoms with Crippen LogP contribution in [0.3, 0.4) is 0 Å². The van der Waals surface area contributed by atoms with Gasteiger partial charge >= 0.3 is 0 Å². The van der Waals surface area contributed by atoms with Crippen LogP contribution in [0, 0.1) is 0 Å². The van der Waals surface area contributed by atoms with Crippen molar-refractivity contribution in [1.82, 2.24) is 15.0 Å². The zero-order chi connectivity index (χ0) is 16.1. The van der Waals surface area contributed by atoms with E-state index >= 15 is 0 Å². The summed E-state index contributed by atoms with van der Waals surface area (Å²) < 4.78 is 5.38. The van der Waals surface area contributed by atoms with Gasteiger partial charge in [-0.1, -0.05) is 6.07 Å². The normalized spacial score (nSPS) is 14.6. The van der Waals surface area contributed by atoms with Gasteiger partial charge in [0.25, 0.3) is 0 Å². The second-order valence-electron chi connectivity index (χ2n) is 5.59. The van der Waals surface area contributed by atoms with Gasteiger partial charge < -0.3 is 19.9 Å². The summed E-state index contributed by atoms with van der Waals surface area (Å²) in [6.07, 6.45) is 3.41. The Labute approximate surface area is 136 Å². The van der Waals surface area contributed by atoms with Crippen molar-refractivity contribution in [3.63, 3.8) is 0 Å². The number of anilines is 3. The van der Waals surface area contributed by atoms with Crippen molar-refractivity contribution in [2.24, 2.45) is 0 Å². The van der Waals surface area contributed by atoms with E-state index in [0.29, 0.717) is 6.54 Å². The SMILES string of the molecule is CN(C)c1ncccc1CNc1cc(N2CCOCC2)ncn1. The highest BCUT2D eigenvalue weighted by Gasteiger charge is 2.13. The molecule has 122 valence electrons. The molecule has 0 unspecified atom stereocenters. The van der Waals surface area contributed by atoms with Gasteiger partial charge in [0, 0.05) is 51.6 Å². The Bertz CT molecular complexity index is 642. The van der Waals surface area contributed by atoms with Gasteiger partial charge in [0.1, 0.15) is 23.8 Å². The van der Waals surface area contributed by atoms with Gasteiger partial charge in [-0.3, -0.25) is 0 Å². The molecule has 1 aliphatic rings. The Morgan fingerprint density at radius 3 is 2.83 bits per heavy atom. The van der Waals surface area contributed by atoms with Gasteiger partial charge in [-0.05, 0) is 6.07 Å². The van der Waals surface area contributed by atoms with Crippen molar-refractivity contribution in [3.05, 3.63) is 36.3 Å². The first-order valence-electron chi connectivity index (χ1n) is 7.74. The average Bonchev–Trinajstić information content (AvgIpc) is 2.61. The van der Waals surface area contributed by atoms with Gasteiger partial charge in [0.2, 0.25) is 0 Å². The lowest BCUT2D eigenvalue weighted by molar-refractivity contribution is 0.122. The number of morpholine rings is 1. The molecule has 1 aliphatic heterocycles. The summed E-state index contributed by atoms with van der Waals surface area (Å²) in [5, 5.41) is 3.36. The number of pyridine rings is 1. The molecule has 2 aromatic heterocycles. The zero-order valence-corrected chi connectivity index (χ0v) is 13.6. The van der Waals surface area contributed by atoms with Crippen molar-refractivity contribution < 1.29 is 4.74 Å². The van der Waals surface area contributed by atoms with Gasteiger partial charge in [0.15, 0.2) is 0 Å². The first-order chi connectivity index (χ1) is 11.2. The summed E-state index contributed by atoms with van der Waals surface area (Å²) in [5.74, 6) is 2.71. The van der Waals surface area contributed by atoms with Gasteiger partial charge in [0.05, 0.1) is 13.2 Å². The highest BCUT2D eigenvalue weighted by molar-refractivity contribution is 5.51. The molecule has 1 N–H and O–H groups in total. The van der Waals surface area contributed by atoms with E-state index < -0.39 is 0 Å². The van der Waals surface area contributed by atoms with Crippen LogP contribution >= 0.6 is 0 Å². The van der Waals surface area contributed by atoms with Crippen molar-refractivity contribution in [2.75, 3.05) is 55.5 Å². The number of nitrogens with zero attached hydrogens (tertiary/aromatic N) is 5. The average molecular weight is 314 g/mol. The molecule has 2 aromatic rings. The van der Waals surface area contributed by atoms with Crippen LogP contribution in [0.4, 0.5) is 17.5 Å². The zero-order valence-electron chi connectivity index (χ0n) is 13.6. The van der Waals surface area contributed by atoms with Crippen LogP contribution in [-0.2, 0) is 11.3 Å². The third-order valence-electron chi connectivity index (χ3n) is 3.74. The Morgan fingerprint density at radius 1 is 1.22 bits per heavy atom. The lowest BCUT2D eigenvalue weighted by atomic mass is 10.2. The molecule has 23 heavy (non-hydrogen) atoms. The molecule has 3 heterocycles. The Balaban J connectivity index is 1.69. The van der Waals surface area contributed by atoms with Crippen LogP contribution in [0.5, 0.6) is 0 Å². The molecule has 0 atom stereocenters. The summed E-state index contributed by atoms with van der Waals surface area (Å²) in [4.78, 5) is 17.3. The van der Waals surface area contributed by atoms with E-state index in [2.05, 4.69) is 31.2 Å². The van der Waals surface area contributed by atoms with Gasteiger partial charge in [-0.15, -0.1) is 0 Å². The van der Waals surface area contributed by atoms with E-state index in [1.54, 1.807) is 12.5 Å². The number of aromatic nitrogens is 3. The summed E-state index contributed by atoms with van der Waals surface area (Å²) in [7, 11) is 3.99. The molecule has 0 saturated carbocycles. The predicted molar refractivity (Wildman–Crippen MR) is 91.0 cm³/mol. The van der Waals surface area contributed by atoms with Crippen molar-refractivity contribution in [2.45, 2.75) is 6.54 Å². The molecule has 1 saturated heterocycles. The Morgan fingerprint density at radius 2 is 2.04 bits per heavy atom. The smallest absolute Gasteiger partial charge is 0.134 e. The summed E-state index contributed by atoms with van der Waals surface area (Å²) >= 11 is 0. The lowest BCUT2D eigenvalue weighted by Gasteiger charge is -2.27. The number of nitrogens with one attached hydrogen (secondary N) is 1. The number of ether oxygens (including phenoxy) is 1. The monoisotopic (exact) mass is 314 g/mol. The fourth-order valence-electron chi connectivity index (χ4n) is 2.57. The number of hydrogen-bond donors (Lipinski definition) is 1. The molecule has 1 fully saturated rings. The van der Waals surface area contributed by atoms with Crippen LogP contribution in [0.15, 0.2) is 30.7 Å². The summed E-state index contributed by atoms with van der Waals surface area (Å²) in [5.41, 5.74) is 1.13. The molecular weight excluding hydrogens is 292 g/mol. The van der Waals surface area contributed by atoms with Crippen LogP contribution in [0.25, 0.3) is 0 Å². The van der Waals surface area contributed by atoms with Gasteiger partial charge in [-0.2, -0.15) is 0 Å². The summed E-state index contributed by atoms with van der Waals surface area (Å²) in [6.45, 7) is 3.89. The van der Waals surface area contributed by atoms with E-state index in [0.717, 1.165) is 49.3 Å². The van der Waals surface area contributed by atoms with Crippen LogP contribution in [0.2, 0.25) is 0 Å². The molecule has 7 nitrogen and oxygen atoms in total. The molecule has 7 heteroatoms. The van der Waals surface area contributed by atoms with Crippen molar-refractivity contribution >= 4 is 17.5 Å². The molecule has 0 aliphatic carbocycles.